The Kier molecular flexibility index (Phi) is 18.8. The van der Waals surface area contributed by atoms with E-state index >= 15 is 0 Å². The summed E-state index contributed by atoms with van der Waals surface area (Å²) < 4.78 is 0. The maximum atomic E-state index is 5.48. The van der Waals surface area contributed by atoms with Crippen LogP contribution in [0.5, 0.6) is 0 Å². The summed E-state index contributed by atoms with van der Waals surface area (Å²) in [5.41, 5.74) is 5.48. The molecule has 4 N–H and O–H groups in total. The summed E-state index contributed by atoms with van der Waals surface area (Å²) in [6.07, 6.45) is 16.3. The number of nitrogens with one attached hydrogen (secondary N) is 2. The molecule has 3 heteroatoms. The first kappa shape index (κ1) is 19.9. The summed E-state index contributed by atoms with van der Waals surface area (Å²) in [6.45, 7) is 4.45. The number of unbranched alkanes of at least 4 members (excludes halogenated alkanes) is 10. The fourth-order valence-corrected chi connectivity index (χ4v) is 2.49. The molecule has 3 nitrogen and oxygen atoms in total. The summed E-state index contributed by atoms with van der Waals surface area (Å²) in [6, 6.07) is 0. The lowest BCUT2D eigenvalue weighted by molar-refractivity contribution is 0.537. The van der Waals surface area contributed by atoms with Crippen LogP contribution in [0, 0.1) is 0 Å². The zero-order chi connectivity index (χ0) is 14.7. The van der Waals surface area contributed by atoms with Gasteiger partial charge in [-0.05, 0) is 58.9 Å². The molecule has 0 aromatic heterocycles. The largest absolute Gasteiger partial charge is 0.330 e. The van der Waals surface area contributed by atoms with Crippen molar-refractivity contribution < 1.29 is 0 Å². The van der Waals surface area contributed by atoms with Gasteiger partial charge in [-0.15, -0.1) is 0 Å². The van der Waals surface area contributed by atoms with Gasteiger partial charge >= 0.3 is 0 Å². The van der Waals surface area contributed by atoms with Gasteiger partial charge in [0.15, 0.2) is 0 Å². The number of hydrogen-bond donors (Lipinski definition) is 3. The molecule has 0 aliphatic carbocycles. The fraction of sp³-hybridized carbons (Fsp3) is 1.00. The zero-order valence-corrected chi connectivity index (χ0v) is 13.9. The van der Waals surface area contributed by atoms with Crippen molar-refractivity contribution in [2.75, 3.05) is 33.2 Å². The molecule has 0 aromatic carbocycles. The van der Waals surface area contributed by atoms with Gasteiger partial charge in [0, 0.05) is 0 Å². The molecule has 20 heavy (non-hydrogen) atoms. The molecule has 0 spiro atoms. The number of rotatable bonds is 17. The third kappa shape index (κ3) is 17.9. The average molecular weight is 286 g/mol. The van der Waals surface area contributed by atoms with Crippen LogP contribution in [0.1, 0.15) is 77.0 Å². The van der Waals surface area contributed by atoms with Crippen molar-refractivity contribution >= 4 is 0 Å². The van der Waals surface area contributed by atoms with E-state index in [1.54, 1.807) is 0 Å². The Morgan fingerprint density at radius 3 is 1.40 bits per heavy atom. The molecular weight excluding hydrogens is 246 g/mol. The molecule has 0 fully saturated rings. The van der Waals surface area contributed by atoms with Crippen LogP contribution in [0.25, 0.3) is 0 Å². The third-order valence-electron chi connectivity index (χ3n) is 3.84. The van der Waals surface area contributed by atoms with E-state index in [1.165, 1.54) is 96.7 Å². The molecule has 0 aliphatic heterocycles. The summed E-state index contributed by atoms with van der Waals surface area (Å²) in [5, 5.41) is 6.77. The quantitative estimate of drug-likeness (QED) is 0.359. The van der Waals surface area contributed by atoms with Gasteiger partial charge in [-0.25, -0.2) is 0 Å². The van der Waals surface area contributed by atoms with Crippen LogP contribution in [0.2, 0.25) is 0 Å². The molecule has 0 aliphatic rings. The van der Waals surface area contributed by atoms with Gasteiger partial charge < -0.3 is 16.4 Å². The first-order chi connectivity index (χ1) is 9.91. The van der Waals surface area contributed by atoms with Gasteiger partial charge in [0.05, 0.1) is 0 Å². The van der Waals surface area contributed by atoms with Crippen LogP contribution in [0.15, 0.2) is 0 Å². The molecule has 0 aromatic rings. The summed E-state index contributed by atoms with van der Waals surface area (Å²) in [7, 11) is 2.03. The Morgan fingerprint density at radius 1 is 0.550 bits per heavy atom. The Balaban J connectivity index is 2.89. The zero-order valence-electron chi connectivity index (χ0n) is 13.9. The molecule has 0 radical (unpaired) electrons. The first-order valence-electron chi connectivity index (χ1n) is 8.97. The molecule has 0 amide bonds. The van der Waals surface area contributed by atoms with Crippen LogP contribution < -0.4 is 16.4 Å². The highest BCUT2D eigenvalue weighted by atomic mass is 14.8. The van der Waals surface area contributed by atoms with Crippen LogP contribution in [-0.4, -0.2) is 33.2 Å². The van der Waals surface area contributed by atoms with E-state index in [4.69, 9.17) is 5.73 Å². The van der Waals surface area contributed by atoms with Crippen molar-refractivity contribution in [2.45, 2.75) is 77.0 Å². The summed E-state index contributed by atoms with van der Waals surface area (Å²) >= 11 is 0. The topological polar surface area (TPSA) is 50.1 Å². The standard InChI is InChI=1S/C17H39N3/c1-19-15-11-7-4-5-9-13-17-20-16-12-8-3-2-6-10-14-18/h19-20H,2-18H2,1H3. The maximum Gasteiger partial charge on any atom is -0.00489 e. The molecule has 122 valence electrons. The highest BCUT2D eigenvalue weighted by molar-refractivity contribution is 4.52. The smallest absolute Gasteiger partial charge is 0.00489 e. The minimum absolute atomic E-state index is 0.858. The van der Waals surface area contributed by atoms with Crippen LogP contribution in [0.4, 0.5) is 0 Å². The van der Waals surface area contributed by atoms with Crippen molar-refractivity contribution in [1.29, 1.82) is 0 Å². The molecule has 0 saturated heterocycles. The van der Waals surface area contributed by atoms with E-state index in [9.17, 15) is 0 Å². The van der Waals surface area contributed by atoms with Crippen molar-refractivity contribution in [3.05, 3.63) is 0 Å². The van der Waals surface area contributed by atoms with E-state index in [1.807, 2.05) is 7.05 Å². The van der Waals surface area contributed by atoms with Crippen LogP contribution in [-0.2, 0) is 0 Å². The van der Waals surface area contributed by atoms with E-state index in [0.717, 1.165) is 6.54 Å². The second-order valence-corrected chi connectivity index (χ2v) is 5.88. The lowest BCUT2D eigenvalue weighted by atomic mass is 10.1. The van der Waals surface area contributed by atoms with E-state index in [2.05, 4.69) is 10.6 Å². The molecular formula is C17H39N3. The Hall–Kier alpha value is -0.120. The monoisotopic (exact) mass is 285 g/mol. The predicted molar refractivity (Wildman–Crippen MR) is 91.3 cm³/mol. The van der Waals surface area contributed by atoms with Gasteiger partial charge in [0.1, 0.15) is 0 Å². The lowest BCUT2D eigenvalue weighted by Crippen LogP contribution is -2.16. The summed E-state index contributed by atoms with van der Waals surface area (Å²) in [5.74, 6) is 0. The second-order valence-electron chi connectivity index (χ2n) is 5.88. The maximum absolute atomic E-state index is 5.48. The normalized spacial score (nSPS) is 11.1. The Bertz CT molecular complexity index is 144. The number of nitrogens with two attached hydrogens (primary N) is 1. The van der Waals surface area contributed by atoms with E-state index in [-0.39, 0.29) is 0 Å². The van der Waals surface area contributed by atoms with Gasteiger partial charge in [-0.1, -0.05) is 51.4 Å². The molecule has 0 heterocycles. The highest BCUT2D eigenvalue weighted by Gasteiger charge is 1.93. The molecule has 0 bridgehead atoms. The lowest BCUT2D eigenvalue weighted by Gasteiger charge is -2.05. The SMILES string of the molecule is CNCCCCCCCCNCCCCCCCCN. The molecule has 0 rings (SSSR count). The molecule has 0 atom stereocenters. The molecule has 0 unspecified atom stereocenters. The van der Waals surface area contributed by atoms with E-state index in [0.29, 0.717) is 0 Å². The minimum atomic E-state index is 0.858. The third-order valence-corrected chi connectivity index (χ3v) is 3.84. The highest BCUT2D eigenvalue weighted by Crippen LogP contribution is 2.05. The molecule has 0 saturated carbocycles. The fourth-order valence-electron chi connectivity index (χ4n) is 2.49. The Morgan fingerprint density at radius 2 is 0.950 bits per heavy atom. The first-order valence-corrected chi connectivity index (χ1v) is 8.97. The average Bonchev–Trinajstić information content (AvgIpc) is 2.47. The van der Waals surface area contributed by atoms with Gasteiger partial charge in [0.25, 0.3) is 0 Å². The van der Waals surface area contributed by atoms with Crippen molar-refractivity contribution in [3.8, 4) is 0 Å². The van der Waals surface area contributed by atoms with Crippen molar-refractivity contribution in [1.82, 2.24) is 10.6 Å². The summed E-state index contributed by atoms with van der Waals surface area (Å²) in [4.78, 5) is 0. The van der Waals surface area contributed by atoms with Gasteiger partial charge in [0.2, 0.25) is 0 Å². The van der Waals surface area contributed by atoms with E-state index < -0.39 is 0 Å². The second kappa shape index (κ2) is 18.9. The van der Waals surface area contributed by atoms with Gasteiger partial charge in [-0.3, -0.25) is 0 Å². The minimum Gasteiger partial charge on any atom is -0.330 e. The van der Waals surface area contributed by atoms with Gasteiger partial charge in [-0.2, -0.15) is 0 Å². The number of hydrogen-bond acceptors (Lipinski definition) is 3. The van der Waals surface area contributed by atoms with Crippen molar-refractivity contribution in [2.24, 2.45) is 5.73 Å². The van der Waals surface area contributed by atoms with Crippen LogP contribution in [0.3, 0.4) is 0 Å². The van der Waals surface area contributed by atoms with Crippen LogP contribution >= 0.6 is 0 Å². The van der Waals surface area contributed by atoms with Crippen molar-refractivity contribution in [3.63, 3.8) is 0 Å². The predicted octanol–water partition coefficient (Wildman–Crippen LogP) is 3.44. The Labute approximate surface area is 127 Å².